The van der Waals surface area contributed by atoms with E-state index < -0.39 is 23.8 Å². The van der Waals surface area contributed by atoms with E-state index in [2.05, 4.69) is 21.2 Å². The van der Waals surface area contributed by atoms with Gasteiger partial charge in [-0.25, -0.2) is 14.5 Å². The van der Waals surface area contributed by atoms with Crippen LogP contribution < -0.4 is 15.0 Å². The number of urea groups is 1. The van der Waals surface area contributed by atoms with E-state index in [-0.39, 0.29) is 23.4 Å². The minimum atomic E-state index is -0.877. The van der Waals surface area contributed by atoms with Crippen molar-refractivity contribution in [2.24, 2.45) is 0 Å². The van der Waals surface area contributed by atoms with Crippen molar-refractivity contribution in [2.45, 2.75) is 13.3 Å². The Morgan fingerprint density at radius 1 is 1.00 bits per heavy atom. The number of rotatable bonds is 7. The number of barbiturate groups is 1. The Balaban J connectivity index is 1.62. The van der Waals surface area contributed by atoms with Crippen molar-refractivity contribution < 1.29 is 28.7 Å². The smallest absolute Gasteiger partial charge is 0.338 e. The number of nitrogens with zero attached hydrogens (tertiary/aromatic N) is 1. The van der Waals surface area contributed by atoms with E-state index in [1.54, 1.807) is 26.2 Å². The zero-order valence-electron chi connectivity index (χ0n) is 20.1. The Morgan fingerprint density at radius 2 is 1.73 bits per heavy atom. The summed E-state index contributed by atoms with van der Waals surface area (Å²) >= 11 is 3.55. The predicted molar refractivity (Wildman–Crippen MR) is 141 cm³/mol. The van der Waals surface area contributed by atoms with Crippen molar-refractivity contribution >= 4 is 51.5 Å². The van der Waals surface area contributed by atoms with Gasteiger partial charge in [-0.2, -0.15) is 0 Å². The first-order valence-corrected chi connectivity index (χ1v) is 12.2. The first-order valence-electron chi connectivity index (χ1n) is 11.4. The fraction of sp³-hybridized carbons (Fsp3) is 0.143. The third-order valence-electron chi connectivity index (χ3n) is 5.70. The van der Waals surface area contributed by atoms with Crippen LogP contribution in [0.2, 0.25) is 0 Å². The van der Waals surface area contributed by atoms with Crippen LogP contribution in [0, 0.1) is 0 Å². The number of benzene rings is 3. The lowest BCUT2D eigenvalue weighted by Crippen LogP contribution is -2.54. The van der Waals surface area contributed by atoms with Gasteiger partial charge in [-0.1, -0.05) is 46.3 Å². The zero-order valence-corrected chi connectivity index (χ0v) is 21.7. The maximum atomic E-state index is 13.2. The highest BCUT2D eigenvalue weighted by Crippen LogP contribution is 2.28. The summed E-state index contributed by atoms with van der Waals surface area (Å²) in [6.45, 7) is 1.92. The van der Waals surface area contributed by atoms with Crippen LogP contribution in [0.4, 0.5) is 10.5 Å². The molecular weight excluding hydrogens is 540 g/mol. The van der Waals surface area contributed by atoms with Gasteiger partial charge in [-0.3, -0.25) is 14.9 Å². The molecule has 9 heteroatoms. The van der Waals surface area contributed by atoms with Crippen LogP contribution in [0.1, 0.15) is 34.0 Å². The van der Waals surface area contributed by atoms with Gasteiger partial charge >= 0.3 is 12.0 Å². The molecule has 8 nitrogen and oxygen atoms in total. The van der Waals surface area contributed by atoms with Crippen LogP contribution in [-0.2, 0) is 20.7 Å². The molecule has 0 spiro atoms. The Hall–Kier alpha value is -4.24. The number of ether oxygens (including phenoxy) is 2. The first kappa shape index (κ1) is 25.8. The van der Waals surface area contributed by atoms with Crippen molar-refractivity contribution in [3.05, 3.63) is 99.0 Å². The average Bonchev–Trinajstić information content (AvgIpc) is 2.89. The summed E-state index contributed by atoms with van der Waals surface area (Å²) in [5.74, 6) is -1.51. The van der Waals surface area contributed by atoms with Gasteiger partial charge in [0.05, 0.1) is 25.0 Å². The molecule has 4 amide bonds. The highest BCUT2D eigenvalue weighted by atomic mass is 79.9. The molecule has 3 aromatic rings. The number of carbonyl (C=O) groups is 4. The van der Waals surface area contributed by atoms with E-state index in [1.165, 1.54) is 30.3 Å². The Kier molecular flexibility index (Phi) is 7.83. The van der Waals surface area contributed by atoms with Crippen molar-refractivity contribution in [3.63, 3.8) is 0 Å². The highest BCUT2D eigenvalue weighted by Gasteiger charge is 2.36. The zero-order chi connectivity index (χ0) is 26.5. The molecule has 3 aromatic carbocycles. The predicted octanol–water partition coefficient (Wildman–Crippen LogP) is 4.89. The Labute approximate surface area is 222 Å². The van der Waals surface area contributed by atoms with Gasteiger partial charge < -0.3 is 9.47 Å². The van der Waals surface area contributed by atoms with Crippen molar-refractivity contribution in [1.29, 1.82) is 0 Å². The topological polar surface area (TPSA) is 102 Å². The van der Waals surface area contributed by atoms with Gasteiger partial charge in [0.25, 0.3) is 11.8 Å². The summed E-state index contributed by atoms with van der Waals surface area (Å²) in [5, 5.41) is 2.20. The SMILES string of the molecule is CCOC(=O)c1ccc(N2C(=O)NC(=O)/C(=C\c3ccc(Cc4ccccc4Br)c(OC)c3)C2=O)cc1. The second-order valence-electron chi connectivity index (χ2n) is 8.06. The minimum Gasteiger partial charge on any atom is -0.496 e. The molecule has 0 radical (unpaired) electrons. The average molecular weight is 563 g/mol. The number of methoxy groups -OCH3 is 1. The van der Waals surface area contributed by atoms with Crippen molar-refractivity contribution in [3.8, 4) is 5.75 Å². The Morgan fingerprint density at radius 3 is 2.41 bits per heavy atom. The summed E-state index contributed by atoms with van der Waals surface area (Å²) in [6.07, 6.45) is 2.03. The Bertz CT molecular complexity index is 1410. The number of hydrogen-bond acceptors (Lipinski definition) is 6. The minimum absolute atomic E-state index is 0.204. The lowest BCUT2D eigenvalue weighted by atomic mass is 10.0. The van der Waals surface area contributed by atoms with E-state index in [9.17, 15) is 19.2 Å². The van der Waals surface area contributed by atoms with Crippen molar-refractivity contribution in [2.75, 3.05) is 18.6 Å². The molecule has 1 heterocycles. The van der Waals surface area contributed by atoms with Crippen LogP contribution in [0.25, 0.3) is 6.08 Å². The summed E-state index contributed by atoms with van der Waals surface area (Å²) in [6, 6.07) is 18.1. The number of esters is 1. The van der Waals surface area contributed by atoms with E-state index in [4.69, 9.17) is 9.47 Å². The van der Waals surface area contributed by atoms with E-state index in [0.29, 0.717) is 17.7 Å². The molecule has 1 N–H and O–H groups in total. The lowest BCUT2D eigenvalue weighted by Gasteiger charge is -2.26. The van der Waals surface area contributed by atoms with Crippen LogP contribution in [0.3, 0.4) is 0 Å². The van der Waals surface area contributed by atoms with Gasteiger partial charge in [-0.15, -0.1) is 0 Å². The number of imide groups is 2. The monoisotopic (exact) mass is 562 g/mol. The summed E-state index contributed by atoms with van der Waals surface area (Å²) in [4.78, 5) is 51.1. The van der Waals surface area contributed by atoms with Crippen molar-refractivity contribution in [1.82, 2.24) is 5.32 Å². The van der Waals surface area contributed by atoms with Crippen LogP contribution in [-0.4, -0.2) is 37.5 Å². The maximum Gasteiger partial charge on any atom is 0.338 e. The molecule has 0 atom stereocenters. The fourth-order valence-electron chi connectivity index (χ4n) is 3.86. The molecule has 4 rings (SSSR count). The standard InChI is InChI=1S/C28H23BrN2O6/c1-3-37-27(34)18-10-12-21(13-11-18)31-26(33)22(25(32)30-28(31)35)14-17-8-9-20(24(15-17)36-2)16-19-6-4-5-7-23(19)29/h4-15H,3,16H2,1-2H3,(H,30,32,35)/b22-14+. The molecule has 1 fully saturated rings. The van der Waals surface area contributed by atoms with Crippen LogP contribution >= 0.6 is 15.9 Å². The number of anilines is 1. The van der Waals surface area contributed by atoms with Gasteiger partial charge in [0.1, 0.15) is 11.3 Å². The summed E-state index contributed by atoms with van der Waals surface area (Å²) < 4.78 is 11.5. The largest absolute Gasteiger partial charge is 0.496 e. The second-order valence-corrected chi connectivity index (χ2v) is 8.92. The fourth-order valence-corrected chi connectivity index (χ4v) is 4.29. The van der Waals surface area contributed by atoms with E-state index >= 15 is 0 Å². The molecule has 0 aromatic heterocycles. The summed E-state index contributed by atoms with van der Waals surface area (Å²) in [5.41, 5.74) is 2.83. The molecule has 0 aliphatic carbocycles. The van der Waals surface area contributed by atoms with Gasteiger partial charge in [0.2, 0.25) is 0 Å². The molecule has 0 bridgehead atoms. The summed E-state index contributed by atoms with van der Waals surface area (Å²) in [7, 11) is 1.55. The molecule has 1 saturated heterocycles. The molecule has 0 unspecified atom stereocenters. The quantitative estimate of drug-likeness (QED) is 0.250. The van der Waals surface area contributed by atoms with E-state index in [1.807, 2.05) is 30.3 Å². The molecule has 1 aliphatic heterocycles. The van der Waals surface area contributed by atoms with Crippen LogP contribution in [0.15, 0.2) is 76.8 Å². The van der Waals surface area contributed by atoms with E-state index in [0.717, 1.165) is 20.5 Å². The second kappa shape index (κ2) is 11.2. The van der Waals surface area contributed by atoms with Gasteiger partial charge in [0.15, 0.2) is 0 Å². The van der Waals surface area contributed by atoms with Gasteiger partial charge in [-0.05, 0) is 66.1 Å². The third-order valence-corrected chi connectivity index (χ3v) is 6.47. The lowest BCUT2D eigenvalue weighted by molar-refractivity contribution is -0.122. The number of hydrogen-bond donors (Lipinski definition) is 1. The maximum absolute atomic E-state index is 13.2. The van der Waals surface area contributed by atoms with Crippen LogP contribution in [0.5, 0.6) is 5.75 Å². The normalized spacial score (nSPS) is 14.5. The number of nitrogens with one attached hydrogen (secondary N) is 1. The molecule has 37 heavy (non-hydrogen) atoms. The van der Waals surface area contributed by atoms with Gasteiger partial charge in [0, 0.05) is 10.9 Å². The molecule has 188 valence electrons. The first-order chi connectivity index (χ1) is 17.8. The molecular formula is C28H23BrN2O6. The molecule has 1 aliphatic rings. The number of carbonyl (C=O) groups excluding carboxylic acids is 4. The molecule has 0 saturated carbocycles. The number of halogens is 1. The highest BCUT2D eigenvalue weighted by molar-refractivity contribution is 9.10. The number of amides is 4. The third kappa shape index (κ3) is 5.62.